The first-order valence-corrected chi connectivity index (χ1v) is 12.0. The highest BCUT2D eigenvalue weighted by Crippen LogP contribution is 2.57. The molecule has 11 heteroatoms. The van der Waals surface area contributed by atoms with Gasteiger partial charge in [0.1, 0.15) is 17.2 Å². The van der Waals surface area contributed by atoms with Crippen molar-refractivity contribution in [3.63, 3.8) is 0 Å². The minimum Gasteiger partial charge on any atom is -0.461 e. The fourth-order valence-electron chi connectivity index (χ4n) is 3.96. The summed E-state index contributed by atoms with van der Waals surface area (Å²) in [4.78, 5) is 0. The molecule has 0 aliphatic carbocycles. The predicted molar refractivity (Wildman–Crippen MR) is 127 cm³/mol. The number of anilines is 3. The zero-order valence-electron chi connectivity index (χ0n) is 18.3. The molecule has 0 amide bonds. The molecule has 0 fully saturated rings. The van der Waals surface area contributed by atoms with E-state index < -0.39 is 33.5 Å². The minimum atomic E-state index is -2.64. The van der Waals surface area contributed by atoms with Gasteiger partial charge in [-0.3, -0.25) is 0 Å². The smallest absolute Gasteiger partial charge is 0.228 e. The van der Waals surface area contributed by atoms with E-state index in [4.69, 9.17) is 31.4 Å². The Hall–Kier alpha value is -3.52. The number of ether oxygens (including phenoxy) is 3. The number of nitrogen functional groups attached to an aromatic ring is 3. The first-order chi connectivity index (χ1) is 16.3. The van der Waals surface area contributed by atoms with Crippen LogP contribution in [-0.2, 0) is 9.72 Å². The Kier molecular flexibility index (Phi) is 7.83. The van der Waals surface area contributed by atoms with Crippen LogP contribution in [0.4, 0.5) is 30.2 Å². The molecule has 0 heterocycles. The Morgan fingerprint density at radius 3 is 1.21 bits per heavy atom. The van der Waals surface area contributed by atoms with Crippen molar-refractivity contribution >= 4 is 24.9 Å². The summed E-state index contributed by atoms with van der Waals surface area (Å²) in [6.45, 7) is -1.87. The normalized spacial score (nSPS) is 12.2. The third-order valence-electron chi connectivity index (χ3n) is 5.50. The molecule has 0 spiro atoms. The predicted octanol–water partition coefficient (Wildman–Crippen LogP) is 4.83. The van der Waals surface area contributed by atoms with Gasteiger partial charge in [-0.15, -0.1) is 0 Å². The van der Waals surface area contributed by atoms with Crippen LogP contribution in [0.2, 0.25) is 0 Å². The van der Waals surface area contributed by atoms with E-state index in [0.717, 1.165) is 0 Å². The van der Waals surface area contributed by atoms with E-state index in [1.54, 1.807) is 18.2 Å². The molecule has 1 atom stereocenters. The van der Waals surface area contributed by atoms with Gasteiger partial charge in [0, 0.05) is 0 Å². The number of alkyl halides is 3. The molecular formula is C23H25F3N3O4P. The summed E-state index contributed by atoms with van der Waals surface area (Å²) >= 11 is 0. The molecule has 0 saturated carbocycles. The van der Waals surface area contributed by atoms with Crippen LogP contribution in [0.1, 0.15) is 16.7 Å². The van der Waals surface area contributed by atoms with Crippen molar-refractivity contribution in [2.45, 2.75) is 5.16 Å². The molecule has 3 aromatic rings. The van der Waals surface area contributed by atoms with Crippen molar-refractivity contribution in [1.29, 1.82) is 0 Å². The Morgan fingerprint density at radius 1 is 0.676 bits per heavy atom. The third kappa shape index (κ3) is 4.59. The second-order valence-electron chi connectivity index (χ2n) is 7.32. The van der Waals surface area contributed by atoms with Gasteiger partial charge in [-0.2, -0.15) is 0 Å². The van der Waals surface area contributed by atoms with Gasteiger partial charge in [-0.1, -0.05) is 18.2 Å². The number of hydrogen-bond acceptors (Lipinski definition) is 7. The van der Waals surface area contributed by atoms with Crippen molar-refractivity contribution in [1.82, 2.24) is 0 Å². The molecule has 6 N–H and O–H groups in total. The zero-order valence-corrected chi connectivity index (χ0v) is 19.3. The van der Waals surface area contributed by atoms with E-state index in [1.165, 1.54) is 43.1 Å². The maximum absolute atomic E-state index is 13.7. The molecular weight excluding hydrogens is 470 g/mol. The van der Waals surface area contributed by atoms with Gasteiger partial charge < -0.3 is 36.0 Å². The molecule has 0 aliphatic heterocycles. The Morgan fingerprint density at radius 2 is 0.971 bits per heavy atom. The maximum atomic E-state index is 13.7. The quantitative estimate of drug-likeness (QED) is 0.209. The van der Waals surface area contributed by atoms with Crippen molar-refractivity contribution in [3.8, 4) is 17.2 Å². The maximum Gasteiger partial charge on any atom is 0.228 e. The summed E-state index contributed by atoms with van der Waals surface area (Å²) < 4.78 is 67.7. The topological polar surface area (TPSA) is 123 Å². The van der Waals surface area contributed by atoms with Crippen LogP contribution in [0, 0.1) is 0 Å². The van der Waals surface area contributed by atoms with Gasteiger partial charge in [0.15, 0.2) is 0 Å². The van der Waals surface area contributed by atoms with E-state index in [0.29, 0.717) is 16.7 Å². The summed E-state index contributed by atoms with van der Waals surface area (Å²) in [5, 5.41) is -1.41. The molecule has 1 unspecified atom stereocenters. The number of nitrogens with two attached hydrogens (primary N) is 3. The molecule has 182 valence electrons. The van der Waals surface area contributed by atoms with Crippen molar-refractivity contribution in [3.05, 3.63) is 71.3 Å². The van der Waals surface area contributed by atoms with Crippen molar-refractivity contribution in [2.75, 3.05) is 44.4 Å². The summed E-state index contributed by atoms with van der Waals surface area (Å²) in [5.74, 6) is 0.122. The standard InChI is InChI=1S/C23H25F3N3O4P/c1-34(30)23(14-2-5-17(27)20(8-14)31-11-24,15-3-6-18(28)21(9-15)32-12-25)16-4-7-19(29)22(10-16)33-13-26/h2-10,34H,11-13,27-29H2,1H3. The fraction of sp³-hybridized carbons (Fsp3) is 0.217. The highest BCUT2D eigenvalue weighted by atomic mass is 31.1. The fourth-order valence-corrected chi connectivity index (χ4v) is 5.65. The number of halogens is 3. The molecule has 0 aromatic heterocycles. The van der Waals surface area contributed by atoms with Crippen LogP contribution in [0.3, 0.4) is 0 Å². The van der Waals surface area contributed by atoms with E-state index in [2.05, 4.69) is 0 Å². The van der Waals surface area contributed by atoms with E-state index >= 15 is 0 Å². The average Bonchev–Trinajstić information content (AvgIpc) is 2.80. The molecule has 3 rings (SSSR count). The van der Waals surface area contributed by atoms with E-state index in [-0.39, 0.29) is 34.3 Å². The van der Waals surface area contributed by atoms with Gasteiger partial charge in [0.05, 0.1) is 30.0 Å². The van der Waals surface area contributed by atoms with Gasteiger partial charge in [-0.25, -0.2) is 13.2 Å². The van der Waals surface area contributed by atoms with Crippen LogP contribution in [0.25, 0.3) is 0 Å². The van der Waals surface area contributed by atoms with Crippen LogP contribution in [-0.4, -0.2) is 27.2 Å². The number of rotatable bonds is 10. The summed E-state index contributed by atoms with van der Waals surface area (Å²) in [6.07, 6.45) is 0. The van der Waals surface area contributed by atoms with Gasteiger partial charge >= 0.3 is 0 Å². The van der Waals surface area contributed by atoms with Gasteiger partial charge in [-0.05, 0) is 59.8 Å². The molecule has 0 bridgehead atoms. The van der Waals surface area contributed by atoms with Crippen molar-refractivity contribution in [2.24, 2.45) is 0 Å². The third-order valence-corrected chi connectivity index (χ3v) is 7.42. The molecule has 0 aliphatic rings. The van der Waals surface area contributed by atoms with Crippen LogP contribution in [0.15, 0.2) is 54.6 Å². The summed E-state index contributed by atoms with van der Waals surface area (Å²) in [6, 6.07) is 13.7. The second kappa shape index (κ2) is 10.6. The minimum absolute atomic E-state index is 0.0407. The highest BCUT2D eigenvalue weighted by molar-refractivity contribution is 7.45. The van der Waals surface area contributed by atoms with Gasteiger partial charge in [0.2, 0.25) is 20.6 Å². The zero-order chi connectivity index (χ0) is 24.9. The Balaban J connectivity index is 2.42. The molecule has 7 nitrogen and oxygen atoms in total. The van der Waals surface area contributed by atoms with Crippen LogP contribution in [0.5, 0.6) is 17.2 Å². The lowest BCUT2D eigenvalue weighted by molar-refractivity contribution is 0.192. The lowest BCUT2D eigenvalue weighted by Crippen LogP contribution is -2.26. The molecule has 34 heavy (non-hydrogen) atoms. The number of benzene rings is 3. The van der Waals surface area contributed by atoms with E-state index in [1.807, 2.05) is 0 Å². The first-order valence-electron chi connectivity index (χ1n) is 10.1. The summed E-state index contributed by atoms with van der Waals surface area (Å²) in [5.41, 5.74) is 19.5. The molecule has 0 saturated heterocycles. The van der Waals surface area contributed by atoms with E-state index in [9.17, 15) is 17.7 Å². The lowest BCUT2D eigenvalue weighted by atomic mass is 9.83. The summed E-state index contributed by atoms with van der Waals surface area (Å²) in [7, 11) is -2.64. The molecule has 3 aromatic carbocycles. The Bertz CT molecular complexity index is 1060. The first kappa shape index (κ1) is 25.1. The average molecular weight is 495 g/mol. The highest BCUT2D eigenvalue weighted by Gasteiger charge is 2.41. The van der Waals surface area contributed by atoms with Gasteiger partial charge in [0.25, 0.3) is 0 Å². The van der Waals surface area contributed by atoms with Crippen LogP contribution < -0.4 is 31.4 Å². The second-order valence-corrected chi connectivity index (χ2v) is 9.19. The Labute approximate surface area is 195 Å². The van der Waals surface area contributed by atoms with Crippen LogP contribution >= 0.6 is 7.80 Å². The largest absolute Gasteiger partial charge is 0.461 e. The lowest BCUT2D eigenvalue weighted by Gasteiger charge is -2.35. The number of hydrogen-bond donors (Lipinski definition) is 3. The SMILES string of the molecule is C[PH](=O)C(c1ccc(N)c(OCF)c1)(c1ccc(N)c(OCF)c1)c1ccc(N)c(OCF)c1. The molecule has 0 radical (unpaired) electrons. The van der Waals surface area contributed by atoms with Crippen molar-refractivity contribution < 1.29 is 31.9 Å². The monoisotopic (exact) mass is 495 g/mol.